The van der Waals surface area contributed by atoms with Crippen molar-refractivity contribution in [3.8, 4) is 0 Å². The van der Waals surface area contributed by atoms with Gasteiger partial charge in [0.15, 0.2) is 37.2 Å². The first-order valence-corrected chi connectivity index (χ1v) is 36.3. The van der Waals surface area contributed by atoms with Gasteiger partial charge >= 0.3 is 17.9 Å². The fourth-order valence-electron chi connectivity index (χ4n) is 13.1. The van der Waals surface area contributed by atoms with E-state index >= 15 is 9.59 Å². The zero-order chi connectivity index (χ0) is 73.9. The van der Waals surface area contributed by atoms with Crippen LogP contribution in [0.1, 0.15) is 55.6 Å². The van der Waals surface area contributed by atoms with Gasteiger partial charge in [-0.25, -0.2) is 14.4 Å². The van der Waals surface area contributed by atoms with Crippen LogP contribution in [0.3, 0.4) is 0 Å². The molecule has 3 aliphatic heterocycles. The van der Waals surface area contributed by atoms with Crippen LogP contribution in [0.2, 0.25) is 0 Å². The van der Waals surface area contributed by atoms with Gasteiger partial charge in [0.1, 0.15) is 68.1 Å². The van der Waals surface area contributed by atoms with Crippen LogP contribution in [0.5, 0.6) is 0 Å². The van der Waals surface area contributed by atoms with Gasteiger partial charge in [-0.3, -0.25) is 0 Å². The standard InChI is InChI=1S/C89H88O19/c1-93-84(90)78-72(94-52-62-32-12-2-13-33-62)73(95-53-63-34-14-3-15-35-63)82(99-57-67-42-22-7-23-43-67)88(107-78)105-77-75(97-55-65-38-18-5-19-39-65)83(100-58-68-44-24-8-25-45-68)89(108-80(77)86(92)102-60-70-48-28-10-29-49-70)104-76-74(96-54-64-36-16-4-17-37-64)81(98-56-66-40-20-6-21-41-66)87(103-61-71-50-30-11-31-51-71)106-79(76)85(91)101-59-69-46-26-9-27-47-69/h2-51,72-83,87-89H,52-61H2,1H3/t72-,73+,74+,75+,76-,77-,78+,79+,80+,81-,82-,83-,87-,88+,89+/m1/s1. The number of carbonyl (C=O) groups is 3. The van der Waals surface area contributed by atoms with Crippen LogP contribution < -0.4 is 0 Å². The van der Waals surface area contributed by atoms with Crippen molar-refractivity contribution in [3.05, 3.63) is 359 Å². The Labute approximate surface area is 629 Å². The number of carbonyl (C=O) groups excluding carboxylic acids is 3. The van der Waals surface area contributed by atoms with E-state index in [1.165, 1.54) is 7.11 Å². The summed E-state index contributed by atoms with van der Waals surface area (Å²) in [5.74, 6) is -2.61. The van der Waals surface area contributed by atoms with Crippen LogP contribution >= 0.6 is 0 Å². The lowest BCUT2D eigenvalue weighted by atomic mass is 9.94. The van der Waals surface area contributed by atoms with Gasteiger partial charge in [-0.05, 0) is 55.6 Å². The van der Waals surface area contributed by atoms with Gasteiger partial charge in [-0.2, -0.15) is 0 Å². The normalized spacial score (nSPS) is 24.1. The number of esters is 3. The van der Waals surface area contributed by atoms with Crippen molar-refractivity contribution in [2.24, 2.45) is 0 Å². The smallest absolute Gasteiger partial charge is 0.338 e. The number of ether oxygens (including phenoxy) is 16. The molecule has 19 heteroatoms. The maximum Gasteiger partial charge on any atom is 0.338 e. The first-order valence-electron chi connectivity index (χ1n) is 36.3. The lowest BCUT2D eigenvalue weighted by Crippen LogP contribution is -2.69. The minimum atomic E-state index is -1.86. The molecule has 3 aliphatic rings. The third-order valence-electron chi connectivity index (χ3n) is 18.7. The molecule has 3 heterocycles. The topological polar surface area (TPSA) is 199 Å². The van der Waals surface area contributed by atoms with Gasteiger partial charge in [0.2, 0.25) is 0 Å². The average Bonchev–Trinajstić information content (AvgIpc) is 0.734. The summed E-state index contributed by atoms with van der Waals surface area (Å²) in [6.45, 7) is -0.568. The molecule has 0 saturated carbocycles. The predicted octanol–water partition coefficient (Wildman–Crippen LogP) is 13.9. The van der Waals surface area contributed by atoms with Gasteiger partial charge in [-0.1, -0.05) is 303 Å². The van der Waals surface area contributed by atoms with E-state index in [-0.39, 0.29) is 66.1 Å². The first-order chi connectivity index (χ1) is 53.3. The molecule has 3 saturated heterocycles. The average molecular weight is 1460 g/mol. The van der Waals surface area contributed by atoms with Crippen LogP contribution in [0.4, 0.5) is 0 Å². The Morgan fingerprint density at radius 2 is 0.417 bits per heavy atom. The van der Waals surface area contributed by atoms with Crippen LogP contribution in [-0.2, 0) is 156 Å². The van der Waals surface area contributed by atoms with Crippen molar-refractivity contribution in [1.82, 2.24) is 0 Å². The molecule has 0 N–H and O–H groups in total. The van der Waals surface area contributed by atoms with Crippen molar-refractivity contribution in [3.63, 3.8) is 0 Å². The van der Waals surface area contributed by atoms with E-state index < -0.39 is 110 Å². The fourth-order valence-corrected chi connectivity index (χ4v) is 13.1. The molecule has 0 aromatic heterocycles. The van der Waals surface area contributed by atoms with Crippen molar-refractivity contribution in [1.29, 1.82) is 0 Å². The highest BCUT2D eigenvalue weighted by atomic mass is 16.8. The SMILES string of the molecule is COC(=O)[C@H]1O[C@H](O[C@@H]2[C@H](OCc3ccccc3)[C@@H](OCc3ccccc3)[C@@H](O[C@@H]3[C@H](OCc4ccccc4)[C@@H](OCc4ccccc4)[C@H](OCc4ccccc4)O[C@@H]3C(=O)OCc3ccccc3)O[C@@H]2C(=O)OCc2ccccc2)[C@H](OCc2ccccc2)[C@@H](OCc2ccccc2)[C@H]1OCc1ccccc1. The molecular formula is C89H88O19. The summed E-state index contributed by atoms with van der Waals surface area (Å²) in [5.41, 5.74) is 7.56. The molecule has 15 atom stereocenters. The highest BCUT2D eigenvalue weighted by molar-refractivity contribution is 5.77. The van der Waals surface area contributed by atoms with Crippen LogP contribution in [0.15, 0.2) is 303 Å². The van der Waals surface area contributed by atoms with E-state index in [0.29, 0.717) is 11.1 Å². The quantitative estimate of drug-likeness (QED) is 0.0268. The number of methoxy groups -OCH3 is 1. The highest BCUT2D eigenvalue weighted by Crippen LogP contribution is 2.41. The van der Waals surface area contributed by atoms with Crippen LogP contribution in [0.25, 0.3) is 0 Å². The summed E-state index contributed by atoms with van der Waals surface area (Å²) in [6.07, 6.45) is -22.1. The molecule has 0 unspecified atom stereocenters. The van der Waals surface area contributed by atoms with Crippen LogP contribution in [0, 0.1) is 0 Å². The summed E-state index contributed by atoms with van der Waals surface area (Å²) in [7, 11) is 1.25. The van der Waals surface area contributed by atoms with Gasteiger partial charge in [0.05, 0.1) is 60.0 Å². The Morgan fingerprint density at radius 3 is 0.676 bits per heavy atom. The lowest BCUT2D eigenvalue weighted by molar-refractivity contribution is -0.386. The van der Waals surface area contributed by atoms with E-state index in [2.05, 4.69) is 0 Å². The Bertz CT molecular complexity index is 4260. The molecule has 3 fully saturated rings. The van der Waals surface area contributed by atoms with Crippen molar-refractivity contribution in [2.45, 2.75) is 158 Å². The van der Waals surface area contributed by atoms with E-state index in [1.54, 1.807) is 0 Å². The zero-order valence-corrected chi connectivity index (χ0v) is 59.9. The molecule has 558 valence electrons. The van der Waals surface area contributed by atoms with Crippen molar-refractivity contribution < 1.29 is 90.2 Å². The monoisotopic (exact) mass is 1460 g/mol. The highest BCUT2D eigenvalue weighted by Gasteiger charge is 2.60. The number of hydrogen-bond donors (Lipinski definition) is 0. The second-order valence-corrected chi connectivity index (χ2v) is 26.3. The zero-order valence-electron chi connectivity index (χ0n) is 59.9. The summed E-state index contributed by atoms with van der Waals surface area (Å²) >= 11 is 0. The molecule has 13 rings (SSSR count). The molecule has 10 aromatic rings. The van der Waals surface area contributed by atoms with Crippen LogP contribution in [-0.4, -0.2) is 117 Å². The maximum absolute atomic E-state index is 16.1. The van der Waals surface area contributed by atoms with Gasteiger partial charge in [-0.15, -0.1) is 0 Å². The third-order valence-corrected chi connectivity index (χ3v) is 18.7. The molecule has 108 heavy (non-hydrogen) atoms. The minimum Gasteiger partial charge on any atom is -0.467 e. The number of rotatable bonds is 35. The Balaban J connectivity index is 0.962. The lowest BCUT2D eigenvalue weighted by Gasteiger charge is -2.51. The Kier molecular flexibility index (Phi) is 28.1. The van der Waals surface area contributed by atoms with E-state index in [1.807, 2.05) is 303 Å². The fraction of sp³-hybridized carbons (Fsp3) is 0.292. The Hall–Kier alpha value is -9.91. The van der Waals surface area contributed by atoms with E-state index in [9.17, 15) is 4.79 Å². The van der Waals surface area contributed by atoms with Crippen molar-refractivity contribution in [2.75, 3.05) is 7.11 Å². The largest absolute Gasteiger partial charge is 0.467 e. The molecule has 10 aromatic carbocycles. The number of hydrogen-bond acceptors (Lipinski definition) is 19. The van der Waals surface area contributed by atoms with E-state index in [4.69, 9.17) is 75.8 Å². The molecule has 0 radical (unpaired) electrons. The molecule has 0 bridgehead atoms. The second kappa shape index (κ2) is 39.8. The molecular weight excluding hydrogens is 1370 g/mol. The van der Waals surface area contributed by atoms with Gasteiger partial charge < -0.3 is 75.8 Å². The number of benzene rings is 10. The van der Waals surface area contributed by atoms with Gasteiger partial charge in [0.25, 0.3) is 0 Å². The second-order valence-electron chi connectivity index (χ2n) is 26.3. The predicted molar refractivity (Wildman–Crippen MR) is 397 cm³/mol. The first kappa shape index (κ1) is 76.3. The summed E-state index contributed by atoms with van der Waals surface area (Å²) < 4.78 is 111. The Morgan fingerprint density at radius 1 is 0.222 bits per heavy atom. The van der Waals surface area contributed by atoms with E-state index in [0.717, 1.165) is 44.5 Å². The van der Waals surface area contributed by atoms with Crippen molar-refractivity contribution >= 4 is 17.9 Å². The summed E-state index contributed by atoms with van der Waals surface area (Å²) in [5, 5.41) is 0. The minimum absolute atomic E-state index is 0.0144. The summed E-state index contributed by atoms with van der Waals surface area (Å²) in [6, 6.07) is 94.4. The molecule has 0 aliphatic carbocycles. The maximum atomic E-state index is 16.1. The van der Waals surface area contributed by atoms with Gasteiger partial charge in [0, 0.05) is 0 Å². The molecule has 0 spiro atoms. The molecule has 0 amide bonds. The third kappa shape index (κ3) is 21.3. The molecule has 19 nitrogen and oxygen atoms in total. The summed E-state index contributed by atoms with van der Waals surface area (Å²) in [4.78, 5) is 46.5.